The van der Waals surface area contributed by atoms with Crippen LogP contribution in [0.15, 0.2) is 16.6 Å². The third-order valence-electron chi connectivity index (χ3n) is 2.38. The number of rotatable bonds is 3. The lowest BCUT2D eigenvalue weighted by atomic mass is 9.97. The van der Waals surface area contributed by atoms with Crippen molar-refractivity contribution >= 4 is 15.9 Å². The van der Waals surface area contributed by atoms with Gasteiger partial charge in [0, 0.05) is 5.56 Å². The molecule has 0 aliphatic rings. The second kappa shape index (κ2) is 4.96. The normalized spacial score (nSPS) is 13.2. The molecule has 0 radical (unpaired) electrons. The topological polar surface area (TPSA) is 66.5 Å². The fourth-order valence-corrected chi connectivity index (χ4v) is 1.85. The Balaban J connectivity index is 3.25. The smallest absolute Gasteiger partial charge is 0.134 e. The Kier molecular flexibility index (Phi) is 4.13. The first kappa shape index (κ1) is 12.5. The van der Waals surface area contributed by atoms with Crippen LogP contribution >= 0.6 is 15.9 Å². The Morgan fingerprint density at radius 1 is 1.40 bits per heavy atom. The fourth-order valence-electron chi connectivity index (χ4n) is 1.36. The number of nitrogens with two attached hydrogens (primary N) is 1. The van der Waals surface area contributed by atoms with Crippen LogP contribution in [0.1, 0.15) is 36.9 Å². The van der Waals surface area contributed by atoms with Gasteiger partial charge in [-0.2, -0.15) is 0 Å². The molecule has 1 rings (SSSR count). The van der Waals surface area contributed by atoms with Crippen LogP contribution in [0.4, 0.5) is 0 Å². The van der Waals surface area contributed by atoms with Crippen molar-refractivity contribution in [3.63, 3.8) is 0 Å². The maximum absolute atomic E-state index is 9.77. The molecule has 0 bridgehead atoms. The molecule has 0 spiro atoms. The molecule has 0 saturated heterocycles. The van der Waals surface area contributed by atoms with Gasteiger partial charge in [0.15, 0.2) is 0 Å². The van der Waals surface area contributed by atoms with E-state index in [1.807, 2.05) is 12.1 Å². The highest BCUT2D eigenvalue weighted by atomic mass is 79.9. The van der Waals surface area contributed by atoms with Crippen molar-refractivity contribution in [1.29, 1.82) is 0 Å². The second-order valence-corrected chi connectivity index (χ2v) is 4.74. The maximum atomic E-state index is 9.77. The minimum absolute atomic E-state index is 0.112. The van der Waals surface area contributed by atoms with Gasteiger partial charge in [-0.05, 0) is 33.5 Å². The first-order valence-corrected chi connectivity index (χ1v) is 5.65. The minimum atomic E-state index is -0.542. The summed E-state index contributed by atoms with van der Waals surface area (Å²) < 4.78 is 0.618. The zero-order valence-corrected chi connectivity index (χ0v) is 10.5. The summed E-state index contributed by atoms with van der Waals surface area (Å²) in [6.45, 7) is 3.95. The highest BCUT2D eigenvalue weighted by molar-refractivity contribution is 9.10. The summed E-state index contributed by atoms with van der Waals surface area (Å²) in [6.07, 6.45) is 0. The SMILES string of the molecule is CC(C)c1cc(Br)c(O)c([C@@H](N)CO)c1. The number of hydrogen-bond donors (Lipinski definition) is 3. The molecule has 0 aromatic heterocycles. The van der Waals surface area contributed by atoms with Gasteiger partial charge in [0.1, 0.15) is 5.75 Å². The van der Waals surface area contributed by atoms with Crippen molar-refractivity contribution in [3.05, 3.63) is 27.7 Å². The highest BCUT2D eigenvalue weighted by Crippen LogP contribution is 2.34. The van der Waals surface area contributed by atoms with Crippen LogP contribution < -0.4 is 5.73 Å². The molecule has 3 nitrogen and oxygen atoms in total. The monoisotopic (exact) mass is 273 g/mol. The molecule has 0 aliphatic heterocycles. The third kappa shape index (κ3) is 2.71. The Bertz CT molecular complexity index is 353. The van der Waals surface area contributed by atoms with E-state index in [0.29, 0.717) is 16.0 Å². The predicted octanol–water partition coefficient (Wildman–Crippen LogP) is 2.27. The van der Waals surface area contributed by atoms with Crippen molar-refractivity contribution in [2.45, 2.75) is 25.8 Å². The minimum Gasteiger partial charge on any atom is -0.506 e. The van der Waals surface area contributed by atoms with E-state index in [2.05, 4.69) is 29.8 Å². The largest absolute Gasteiger partial charge is 0.506 e. The van der Waals surface area contributed by atoms with Gasteiger partial charge < -0.3 is 15.9 Å². The number of phenolic OH excluding ortho intramolecular Hbond substituents is 1. The Morgan fingerprint density at radius 3 is 2.47 bits per heavy atom. The summed E-state index contributed by atoms with van der Waals surface area (Å²) in [5, 5.41) is 18.7. The number of phenols is 1. The lowest BCUT2D eigenvalue weighted by Gasteiger charge is -2.15. The quantitative estimate of drug-likeness (QED) is 0.792. The van der Waals surface area contributed by atoms with Gasteiger partial charge in [-0.25, -0.2) is 0 Å². The number of benzene rings is 1. The molecule has 4 N–H and O–H groups in total. The summed E-state index contributed by atoms with van der Waals surface area (Å²) in [4.78, 5) is 0. The van der Waals surface area contributed by atoms with E-state index in [1.165, 1.54) is 0 Å². The van der Waals surface area contributed by atoms with Crippen LogP contribution in [0, 0.1) is 0 Å². The van der Waals surface area contributed by atoms with Gasteiger partial charge in [0.05, 0.1) is 17.1 Å². The molecular weight excluding hydrogens is 258 g/mol. The molecule has 0 saturated carbocycles. The van der Waals surface area contributed by atoms with E-state index in [9.17, 15) is 5.11 Å². The van der Waals surface area contributed by atoms with E-state index >= 15 is 0 Å². The maximum Gasteiger partial charge on any atom is 0.134 e. The molecule has 15 heavy (non-hydrogen) atoms. The van der Waals surface area contributed by atoms with Gasteiger partial charge in [0.2, 0.25) is 0 Å². The molecule has 0 aliphatic carbocycles. The predicted molar refractivity (Wildman–Crippen MR) is 63.9 cm³/mol. The van der Waals surface area contributed by atoms with Gasteiger partial charge in [0.25, 0.3) is 0 Å². The van der Waals surface area contributed by atoms with Crippen LogP contribution in [0.2, 0.25) is 0 Å². The van der Waals surface area contributed by atoms with Crippen LogP contribution in [0.5, 0.6) is 5.75 Å². The lowest BCUT2D eigenvalue weighted by molar-refractivity contribution is 0.265. The van der Waals surface area contributed by atoms with Crippen molar-refractivity contribution in [3.8, 4) is 5.75 Å². The van der Waals surface area contributed by atoms with E-state index in [4.69, 9.17) is 10.8 Å². The molecule has 0 amide bonds. The highest BCUT2D eigenvalue weighted by Gasteiger charge is 2.15. The molecule has 0 unspecified atom stereocenters. The van der Waals surface area contributed by atoms with E-state index in [-0.39, 0.29) is 12.4 Å². The summed E-state index contributed by atoms with van der Waals surface area (Å²) in [6, 6.07) is 3.17. The van der Waals surface area contributed by atoms with Crippen molar-refractivity contribution in [2.24, 2.45) is 5.73 Å². The first-order valence-electron chi connectivity index (χ1n) is 4.86. The van der Waals surface area contributed by atoms with Crippen molar-refractivity contribution in [1.82, 2.24) is 0 Å². The van der Waals surface area contributed by atoms with Crippen LogP contribution in [-0.4, -0.2) is 16.8 Å². The zero-order valence-electron chi connectivity index (χ0n) is 8.87. The second-order valence-electron chi connectivity index (χ2n) is 3.88. The number of halogens is 1. The van der Waals surface area contributed by atoms with Crippen molar-refractivity contribution in [2.75, 3.05) is 6.61 Å². The summed E-state index contributed by atoms with van der Waals surface area (Å²) in [5.41, 5.74) is 7.36. The molecule has 84 valence electrons. The number of hydrogen-bond acceptors (Lipinski definition) is 3. The number of aliphatic hydroxyl groups excluding tert-OH is 1. The van der Waals surface area contributed by atoms with Gasteiger partial charge >= 0.3 is 0 Å². The van der Waals surface area contributed by atoms with Crippen LogP contribution in [0.3, 0.4) is 0 Å². The average molecular weight is 274 g/mol. The van der Waals surface area contributed by atoms with Crippen molar-refractivity contribution < 1.29 is 10.2 Å². The molecule has 1 aromatic carbocycles. The number of aliphatic hydroxyl groups is 1. The third-order valence-corrected chi connectivity index (χ3v) is 2.98. The summed E-state index contributed by atoms with van der Waals surface area (Å²) in [5.74, 6) is 0.465. The van der Waals surface area contributed by atoms with Crippen LogP contribution in [0.25, 0.3) is 0 Å². The van der Waals surface area contributed by atoms with Gasteiger partial charge in [-0.1, -0.05) is 19.9 Å². The van der Waals surface area contributed by atoms with E-state index in [1.54, 1.807) is 0 Å². The Morgan fingerprint density at radius 2 is 2.00 bits per heavy atom. The lowest BCUT2D eigenvalue weighted by Crippen LogP contribution is -2.15. The standard InChI is InChI=1S/C11H16BrNO2/c1-6(2)7-3-8(10(13)5-14)11(15)9(12)4-7/h3-4,6,10,14-15H,5,13H2,1-2H3/t10-/m0/s1. The van der Waals surface area contributed by atoms with Gasteiger partial charge in [-0.3, -0.25) is 0 Å². The molecular formula is C11H16BrNO2. The van der Waals surface area contributed by atoms with Gasteiger partial charge in [-0.15, -0.1) is 0 Å². The Labute approximate surface area is 98.1 Å². The van der Waals surface area contributed by atoms with E-state index < -0.39 is 6.04 Å². The fraction of sp³-hybridized carbons (Fsp3) is 0.455. The first-order chi connectivity index (χ1) is 6.97. The summed E-state index contributed by atoms with van der Waals surface area (Å²) in [7, 11) is 0. The zero-order chi connectivity index (χ0) is 11.6. The van der Waals surface area contributed by atoms with E-state index in [0.717, 1.165) is 5.56 Å². The van der Waals surface area contributed by atoms with Crippen LogP contribution in [-0.2, 0) is 0 Å². The molecule has 1 aromatic rings. The molecule has 1 atom stereocenters. The average Bonchev–Trinajstić information content (AvgIpc) is 2.20. The number of aromatic hydroxyl groups is 1. The molecule has 0 fully saturated rings. The summed E-state index contributed by atoms with van der Waals surface area (Å²) >= 11 is 3.28. The molecule has 0 heterocycles. The molecule has 4 heteroatoms. The Hall–Kier alpha value is -0.580.